The summed E-state index contributed by atoms with van der Waals surface area (Å²) in [6.45, 7) is 11.8. The standard InChI is InChI=1S/C32H32N6O6/c1-31(2,3)19-15-21(29(39)25(17-19)35-33-23-11-7-9-13-27(23)37(41)42)22-16-20(32(4,5)6)18-26(30(22)40)36-34-24-12-8-10-14-28(24)38(43)44/h7-18,39-40H,1-6H3/b35-33+,36-34+. The summed E-state index contributed by atoms with van der Waals surface area (Å²) in [4.78, 5) is 21.8. The first-order valence-electron chi connectivity index (χ1n) is 13.6. The number of benzene rings is 4. The SMILES string of the molecule is CC(C)(C)c1cc(/N=N/c2ccccc2[N+](=O)[O-])c(O)c(-c2cc(C(C)(C)C)cc(/N=N/c3ccccc3[N+](=O)[O-])c2O)c1. The number of para-hydroxylation sites is 2. The highest BCUT2D eigenvalue weighted by atomic mass is 16.6. The van der Waals surface area contributed by atoms with Gasteiger partial charge in [0.1, 0.15) is 11.4 Å². The van der Waals surface area contributed by atoms with E-state index < -0.39 is 20.7 Å². The Kier molecular flexibility index (Phi) is 8.57. The molecule has 0 aliphatic carbocycles. The Balaban J connectivity index is 1.95. The number of aromatic hydroxyl groups is 2. The Morgan fingerprint density at radius 1 is 0.545 bits per heavy atom. The largest absolute Gasteiger partial charge is 0.505 e. The highest BCUT2D eigenvalue weighted by molar-refractivity contribution is 5.85. The number of nitrogens with zero attached hydrogens (tertiary/aromatic N) is 6. The molecule has 0 saturated heterocycles. The van der Waals surface area contributed by atoms with Crippen molar-refractivity contribution in [2.75, 3.05) is 0 Å². The number of nitro benzene ring substituents is 2. The van der Waals surface area contributed by atoms with E-state index >= 15 is 0 Å². The van der Waals surface area contributed by atoms with Gasteiger partial charge in [-0.15, -0.1) is 20.5 Å². The number of phenolic OH excluding ortho intramolecular Hbond substituents is 2. The summed E-state index contributed by atoms with van der Waals surface area (Å²) in [5.41, 5.74) is 0.664. The first kappa shape index (κ1) is 31.4. The lowest BCUT2D eigenvalue weighted by Gasteiger charge is -2.24. The molecule has 0 aliphatic heterocycles. The molecule has 0 bridgehead atoms. The third kappa shape index (κ3) is 6.75. The van der Waals surface area contributed by atoms with E-state index in [4.69, 9.17) is 0 Å². The quantitative estimate of drug-likeness (QED) is 0.122. The van der Waals surface area contributed by atoms with Crippen LogP contribution in [0.1, 0.15) is 52.7 Å². The molecular weight excluding hydrogens is 564 g/mol. The number of hydrogen-bond donors (Lipinski definition) is 2. The molecule has 0 heterocycles. The lowest BCUT2D eigenvalue weighted by atomic mass is 9.82. The fourth-order valence-corrected chi connectivity index (χ4v) is 4.29. The van der Waals surface area contributed by atoms with Gasteiger partial charge in [-0.05, 0) is 58.4 Å². The van der Waals surface area contributed by atoms with Gasteiger partial charge in [0.25, 0.3) is 11.4 Å². The van der Waals surface area contributed by atoms with E-state index in [9.17, 15) is 30.4 Å². The minimum Gasteiger partial charge on any atom is -0.505 e. The molecule has 4 aromatic rings. The summed E-state index contributed by atoms with van der Waals surface area (Å²) in [7, 11) is 0. The lowest BCUT2D eigenvalue weighted by Crippen LogP contribution is -2.12. The second-order valence-corrected chi connectivity index (χ2v) is 12.2. The molecule has 0 amide bonds. The van der Waals surface area contributed by atoms with Crippen LogP contribution in [0.5, 0.6) is 11.5 Å². The molecular formula is C32H32N6O6. The maximum Gasteiger partial charge on any atom is 0.296 e. The van der Waals surface area contributed by atoms with Crippen LogP contribution in [0.4, 0.5) is 34.1 Å². The summed E-state index contributed by atoms with van der Waals surface area (Å²) < 4.78 is 0. The third-order valence-electron chi connectivity index (χ3n) is 6.89. The lowest BCUT2D eigenvalue weighted by molar-refractivity contribution is -0.384. The Hall–Kier alpha value is -5.52. The summed E-state index contributed by atoms with van der Waals surface area (Å²) in [6, 6.07) is 18.4. The van der Waals surface area contributed by atoms with Crippen molar-refractivity contribution >= 4 is 34.1 Å². The molecule has 0 aromatic heterocycles. The molecule has 4 aromatic carbocycles. The van der Waals surface area contributed by atoms with Gasteiger partial charge in [0.05, 0.1) is 9.85 Å². The van der Waals surface area contributed by atoms with Gasteiger partial charge < -0.3 is 10.2 Å². The van der Waals surface area contributed by atoms with Crippen LogP contribution in [0, 0.1) is 20.2 Å². The van der Waals surface area contributed by atoms with Crippen molar-refractivity contribution in [3.63, 3.8) is 0 Å². The summed E-state index contributed by atoms with van der Waals surface area (Å²) in [6.07, 6.45) is 0. The zero-order valence-corrected chi connectivity index (χ0v) is 25.1. The topological polar surface area (TPSA) is 176 Å². The second kappa shape index (κ2) is 12.0. The Labute approximate surface area is 253 Å². The van der Waals surface area contributed by atoms with Crippen molar-refractivity contribution in [2.45, 2.75) is 52.4 Å². The number of nitro groups is 2. The number of rotatable bonds is 7. The van der Waals surface area contributed by atoms with E-state index in [0.29, 0.717) is 0 Å². The first-order valence-corrected chi connectivity index (χ1v) is 13.6. The zero-order chi connectivity index (χ0) is 32.4. The van der Waals surface area contributed by atoms with Gasteiger partial charge in [0.2, 0.25) is 0 Å². The van der Waals surface area contributed by atoms with Crippen LogP contribution in [0.15, 0.2) is 93.3 Å². The summed E-state index contributed by atoms with van der Waals surface area (Å²) in [5.74, 6) is -0.633. The van der Waals surface area contributed by atoms with Crippen molar-refractivity contribution in [3.8, 4) is 22.6 Å². The number of hydrogen-bond acceptors (Lipinski definition) is 10. The predicted octanol–water partition coefficient (Wildman–Crippen LogP) is 10.0. The molecule has 2 N–H and O–H groups in total. The van der Waals surface area contributed by atoms with E-state index in [1.165, 1.54) is 36.4 Å². The highest BCUT2D eigenvalue weighted by Crippen LogP contribution is 2.49. The van der Waals surface area contributed by atoms with Gasteiger partial charge in [-0.25, -0.2) is 0 Å². The van der Waals surface area contributed by atoms with E-state index in [0.717, 1.165) is 11.1 Å². The highest BCUT2D eigenvalue weighted by Gasteiger charge is 2.25. The molecule has 0 atom stereocenters. The molecule has 0 fully saturated rings. The van der Waals surface area contributed by atoms with Crippen LogP contribution in [0.3, 0.4) is 0 Å². The smallest absolute Gasteiger partial charge is 0.296 e. The van der Waals surface area contributed by atoms with E-state index in [2.05, 4.69) is 20.5 Å². The van der Waals surface area contributed by atoms with Crippen LogP contribution >= 0.6 is 0 Å². The van der Waals surface area contributed by atoms with Crippen LogP contribution in [-0.2, 0) is 10.8 Å². The molecule has 12 heteroatoms. The molecule has 4 rings (SSSR count). The van der Waals surface area contributed by atoms with E-state index in [1.807, 2.05) is 41.5 Å². The van der Waals surface area contributed by atoms with E-state index in [-0.39, 0.29) is 56.8 Å². The molecule has 0 aliphatic rings. The molecule has 226 valence electrons. The third-order valence-corrected chi connectivity index (χ3v) is 6.89. The predicted molar refractivity (Wildman–Crippen MR) is 167 cm³/mol. The number of phenols is 2. The Morgan fingerprint density at radius 3 is 1.18 bits per heavy atom. The Bertz CT molecular complexity index is 1690. The average molecular weight is 597 g/mol. The van der Waals surface area contributed by atoms with Crippen molar-refractivity contribution in [3.05, 3.63) is 104 Å². The van der Waals surface area contributed by atoms with Gasteiger partial charge in [-0.2, -0.15) is 0 Å². The van der Waals surface area contributed by atoms with E-state index in [1.54, 1.807) is 36.4 Å². The monoisotopic (exact) mass is 596 g/mol. The molecule has 12 nitrogen and oxygen atoms in total. The minimum atomic E-state index is -0.568. The normalized spacial score (nSPS) is 12.2. The van der Waals surface area contributed by atoms with Crippen molar-refractivity contribution < 1.29 is 20.1 Å². The molecule has 0 saturated carbocycles. The second-order valence-electron chi connectivity index (χ2n) is 12.2. The molecule has 0 spiro atoms. The molecule has 0 radical (unpaired) electrons. The fourth-order valence-electron chi connectivity index (χ4n) is 4.29. The fraction of sp³-hybridized carbons (Fsp3) is 0.250. The van der Waals surface area contributed by atoms with Gasteiger partial charge in [-0.3, -0.25) is 20.2 Å². The zero-order valence-electron chi connectivity index (χ0n) is 25.1. The Morgan fingerprint density at radius 2 is 0.864 bits per heavy atom. The average Bonchev–Trinajstić information content (AvgIpc) is 2.95. The van der Waals surface area contributed by atoms with Crippen molar-refractivity contribution in [1.82, 2.24) is 0 Å². The molecule has 0 unspecified atom stereocenters. The van der Waals surface area contributed by atoms with Crippen LogP contribution in [0.2, 0.25) is 0 Å². The maximum atomic E-state index is 11.5. The van der Waals surface area contributed by atoms with Crippen molar-refractivity contribution in [1.29, 1.82) is 0 Å². The summed E-state index contributed by atoms with van der Waals surface area (Å²) in [5, 5.41) is 62.4. The van der Waals surface area contributed by atoms with Crippen LogP contribution < -0.4 is 0 Å². The maximum absolute atomic E-state index is 11.5. The summed E-state index contributed by atoms with van der Waals surface area (Å²) >= 11 is 0. The minimum absolute atomic E-state index is 0.00916. The van der Waals surface area contributed by atoms with Gasteiger partial charge in [0, 0.05) is 23.3 Å². The van der Waals surface area contributed by atoms with Gasteiger partial charge in [-0.1, -0.05) is 65.8 Å². The van der Waals surface area contributed by atoms with Gasteiger partial charge >= 0.3 is 0 Å². The van der Waals surface area contributed by atoms with Crippen molar-refractivity contribution in [2.24, 2.45) is 20.5 Å². The number of azo groups is 2. The van der Waals surface area contributed by atoms with Crippen LogP contribution in [0.25, 0.3) is 11.1 Å². The first-order chi connectivity index (χ1) is 20.6. The molecule has 44 heavy (non-hydrogen) atoms. The van der Waals surface area contributed by atoms with Gasteiger partial charge in [0.15, 0.2) is 22.9 Å². The van der Waals surface area contributed by atoms with Crippen LogP contribution in [-0.4, -0.2) is 20.1 Å².